The number of hydrogen-bond acceptors (Lipinski definition) is 1. The summed E-state index contributed by atoms with van der Waals surface area (Å²) in [6.07, 6.45) is 0. The molecule has 0 saturated heterocycles. The third-order valence-electron chi connectivity index (χ3n) is 10.3. The van der Waals surface area contributed by atoms with Gasteiger partial charge in [-0.15, -0.1) is 0 Å². The van der Waals surface area contributed by atoms with Crippen LogP contribution in [0.3, 0.4) is 0 Å². The monoisotopic (exact) mass is 620 g/mol. The minimum Gasteiger partial charge on any atom is -0.309 e. The van der Waals surface area contributed by atoms with E-state index < -0.39 is 7.14 Å². The molecular formula is C45H33OP. The molecule has 0 radical (unpaired) electrons. The van der Waals surface area contributed by atoms with Crippen LogP contribution in [0.2, 0.25) is 0 Å². The van der Waals surface area contributed by atoms with Gasteiger partial charge in [0.1, 0.15) is 0 Å². The zero-order valence-electron chi connectivity index (χ0n) is 26.4. The maximum Gasteiger partial charge on any atom is 0.171 e. The second-order valence-corrected chi connectivity index (χ2v) is 15.9. The van der Waals surface area contributed by atoms with Crippen molar-refractivity contribution < 1.29 is 4.57 Å². The van der Waals surface area contributed by atoms with E-state index >= 15 is 4.57 Å². The van der Waals surface area contributed by atoms with E-state index in [2.05, 4.69) is 141 Å². The van der Waals surface area contributed by atoms with Crippen molar-refractivity contribution in [2.75, 3.05) is 0 Å². The van der Waals surface area contributed by atoms with Crippen molar-refractivity contribution in [3.63, 3.8) is 0 Å². The number of fused-ring (bicyclic) bond motifs is 5. The van der Waals surface area contributed by atoms with E-state index in [1.165, 1.54) is 49.0 Å². The molecule has 1 atom stereocenters. The van der Waals surface area contributed by atoms with Gasteiger partial charge in [0.05, 0.1) is 0 Å². The highest BCUT2D eigenvalue weighted by Crippen LogP contribution is 2.54. The summed E-state index contributed by atoms with van der Waals surface area (Å²) in [5, 5.41) is 10.1. The second kappa shape index (κ2) is 10.4. The van der Waals surface area contributed by atoms with Gasteiger partial charge in [-0.1, -0.05) is 172 Å². The highest BCUT2D eigenvalue weighted by molar-refractivity contribution is 7.85. The third-order valence-corrected chi connectivity index (χ3v) is 13.5. The molecule has 0 bridgehead atoms. The van der Waals surface area contributed by atoms with E-state index in [-0.39, 0.29) is 5.41 Å². The topological polar surface area (TPSA) is 17.1 Å². The maximum absolute atomic E-state index is 15.8. The van der Waals surface area contributed by atoms with Crippen molar-refractivity contribution in [3.05, 3.63) is 175 Å². The lowest BCUT2D eigenvalue weighted by molar-refractivity contribution is 0.586. The third kappa shape index (κ3) is 4.00. The van der Waals surface area contributed by atoms with Crippen molar-refractivity contribution in [2.45, 2.75) is 19.3 Å². The minimum atomic E-state index is -3.18. The first kappa shape index (κ1) is 28.0. The average Bonchev–Trinajstić information content (AvgIpc) is 3.13. The highest BCUT2D eigenvalue weighted by atomic mass is 31.2. The first-order valence-corrected chi connectivity index (χ1v) is 18.0. The predicted molar refractivity (Wildman–Crippen MR) is 201 cm³/mol. The molecule has 1 heterocycles. The number of benzene rings is 8. The van der Waals surface area contributed by atoms with Crippen molar-refractivity contribution >= 4 is 55.4 Å². The lowest BCUT2D eigenvalue weighted by Crippen LogP contribution is -2.42. The Morgan fingerprint density at radius 3 is 1.68 bits per heavy atom. The normalized spacial score (nSPS) is 16.6. The summed E-state index contributed by atoms with van der Waals surface area (Å²) in [5.74, 6) is 0. The summed E-state index contributed by atoms with van der Waals surface area (Å²) in [6.45, 7) is 4.53. The SMILES string of the molecule is CC1(C)c2ccccc2P(=O)(c2ccccc2)c2cc(-c3c4ccccc4c(-c4cccc5ccccc45)c4ccccc34)ccc21. The molecule has 0 N–H and O–H groups in total. The number of hydrogen-bond donors (Lipinski definition) is 0. The summed E-state index contributed by atoms with van der Waals surface area (Å²) in [5.41, 5.74) is 6.73. The lowest BCUT2D eigenvalue weighted by atomic mass is 9.77. The zero-order valence-corrected chi connectivity index (χ0v) is 27.3. The van der Waals surface area contributed by atoms with E-state index in [0.29, 0.717) is 0 Å². The molecule has 0 amide bonds. The van der Waals surface area contributed by atoms with Crippen LogP contribution in [-0.4, -0.2) is 0 Å². The second-order valence-electron chi connectivity index (χ2n) is 13.2. The standard InChI is InChI=1S/C45H33OP/c1-45(2)39-25-12-13-26-41(39)47(46,32-17-4-3-5-18-32)42-29-31(27-28-40(42)45)43-35-20-8-10-22-37(35)44(38-23-11-9-21-36(38)43)34-24-14-16-30-15-6-7-19-33(30)34/h3-29H,1-2H3. The van der Waals surface area contributed by atoms with E-state index in [0.717, 1.165) is 32.6 Å². The molecule has 0 saturated carbocycles. The van der Waals surface area contributed by atoms with Crippen LogP contribution < -0.4 is 15.9 Å². The molecule has 1 aliphatic heterocycles. The Bertz CT molecular complexity index is 2520. The molecule has 9 rings (SSSR count). The van der Waals surface area contributed by atoms with Crippen LogP contribution in [0, 0.1) is 0 Å². The molecular weight excluding hydrogens is 587 g/mol. The van der Waals surface area contributed by atoms with Crippen LogP contribution in [0.15, 0.2) is 164 Å². The fourth-order valence-electron chi connectivity index (χ4n) is 8.12. The van der Waals surface area contributed by atoms with Gasteiger partial charge in [-0.25, -0.2) is 0 Å². The van der Waals surface area contributed by atoms with Gasteiger partial charge in [0, 0.05) is 21.3 Å². The van der Waals surface area contributed by atoms with Gasteiger partial charge in [0.15, 0.2) is 7.14 Å². The molecule has 8 aromatic rings. The Hall–Kier alpha value is -5.23. The smallest absolute Gasteiger partial charge is 0.171 e. The Morgan fingerprint density at radius 2 is 0.979 bits per heavy atom. The molecule has 0 aliphatic carbocycles. The first-order chi connectivity index (χ1) is 23.0. The number of rotatable bonds is 3. The van der Waals surface area contributed by atoms with Crippen LogP contribution >= 0.6 is 7.14 Å². The van der Waals surface area contributed by atoms with E-state index in [9.17, 15) is 0 Å². The van der Waals surface area contributed by atoms with Crippen molar-refractivity contribution in [3.8, 4) is 22.3 Å². The van der Waals surface area contributed by atoms with Crippen LogP contribution in [0.5, 0.6) is 0 Å². The predicted octanol–water partition coefficient (Wildman–Crippen LogP) is 10.8. The van der Waals surface area contributed by atoms with Crippen molar-refractivity contribution in [1.29, 1.82) is 0 Å². The molecule has 1 aliphatic rings. The van der Waals surface area contributed by atoms with Gasteiger partial charge in [-0.2, -0.15) is 0 Å². The molecule has 1 nitrogen and oxygen atoms in total. The minimum absolute atomic E-state index is 0.296. The summed E-state index contributed by atoms with van der Waals surface area (Å²) in [4.78, 5) is 0. The summed E-state index contributed by atoms with van der Waals surface area (Å²) >= 11 is 0. The Morgan fingerprint density at radius 1 is 0.447 bits per heavy atom. The molecule has 0 aromatic heterocycles. The Labute approximate surface area is 275 Å². The zero-order chi connectivity index (χ0) is 31.8. The maximum atomic E-state index is 15.8. The summed E-state index contributed by atoms with van der Waals surface area (Å²) < 4.78 is 15.8. The van der Waals surface area contributed by atoms with Crippen molar-refractivity contribution in [1.82, 2.24) is 0 Å². The lowest BCUT2D eigenvalue weighted by Gasteiger charge is -2.39. The van der Waals surface area contributed by atoms with E-state index in [4.69, 9.17) is 0 Å². The van der Waals surface area contributed by atoms with Gasteiger partial charge >= 0.3 is 0 Å². The fourth-order valence-corrected chi connectivity index (χ4v) is 11.5. The van der Waals surface area contributed by atoms with Crippen molar-refractivity contribution in [2.24, 2.45) is 0 Å². The van der Waals surface area contributed by atoms with Crippen LogP contribution in [0.25, 0.3) is 54.6 Å². The molecule has 2 heteroatoms. The molecule has 0 fully saturated rings. The average molecular weight is 621 g/mol. The van der Waals surface area contributed by atoms with Gasteiger partial charge < -0.3 is 4.57 Å². The van der Waals surface area contributed by atoms with E-state index in [1.54, 1.807) is 0 Å². The molecule has 224 valence electrons. The Balaban J connectivity index is 1.39. The van der Waals surface area contributed by atoms with Crippen LogP contribution in [-0.2, 0) is 9.98 Å². The van der Waals surface area contributed by atoms with Crippen LogP contribution in [0.4, 0.5) is 0 Å². The Kier molecular flexibility index (Phi) is 6.20. The molecule has 0 spiro atoms. The summed E-state index contributed by atoms with van der Waals surface area (Å²) in [6, 6.07) is 58.1. The van der Waals surface area contributed by atoms with Gasteiger partial charge in [-0.05, 0) is 71.8 Å². The van der Waals surface area contributed by atoms with Gasteiger partial charge in [0.25, 0.3) is 0 Å². The van der Waals surface area contributed by atoms with Gasteiger partial charge in [-0.3, -0.25) is 0 Å². The quantitative estimate of drug-likeness (QED) is 0.142. The summed E-state index contributed by atoms with van der Waals surface area (Å²) in [7, 11) is -3.18. The fraction of sp³-hybridized carbons (Fsp3) is 0.0667. The van der Waals surface area contributed by atoms with Crippen LogP contribution in [0.1, 0.15) is 25.0 Å². The largest absolute Gasteiger partial charge is 0.309 e. The molecule has 8 aromatic carbocycles. The molecule has 47 heavy (non-hydrogen) atoms. The van der Waals surface area contributed by atoms with Gasteiger partial charge in [0.2, 0.25) is 0 Å². The molecule has 1 unspecified atom stereocenters. The first-order valence-electron chi connectivity index (χ1n) is 16.3. The highest BCUT2D eigenvalue weighted by Gasteiger charge is 2.44. The van der Waals surface area contributed by atoms with E-state index in [1.807, 2.05) is 36.4 Å².